The minimum Gasteiger partial charge on any atom is -0.508 e. The third-order valence-electron chi connectivity index (χ3n) is 3.07. The van der Waals surface area contributed by atoms with E-state index in [1.165, 1.54) is 6.33 Å². The highest BCUT2D eigenvalue weighted by Gasteiger charge is 2.21. The first kappa shape index (κ1) is 9.89. The number of nitrogen functional groups attached to an aromatic ring is 1. The first-order valence-electron chi connectivity index (χ1n) is 5.34. The molecule has 0 spiro atoms. The summed E-state index contributed by atoms with van der Waals surface area (Å²) in [7, 11) is 0. The zero-order valence-corrected chi connectivity index (χ0v) is 9.05. The van der Waals surface area contributed by atoms with Gasteiger partial charge in [0.1, 0.15) is 12.1 Å². The van der Waals surface area contributed by atoms with E-state index in [0.29, 0.717) is 5.56 Å². The van der Waals surface area contributed by atoms with Gasteiger partial charge >= 0.3 is 0 Å². The largest absolute Gasteiger partial charge is 0.508 e. The Balaban J connectivity index is 2.38. The number of phenols is 1. The Kier molecular flexibility index (Phi) is 1.95. The molecule has 1 aromatic carbocycles. The minimum atomic E-state index is -0.276. The number of phenolic OH excluding ortho intramolecular Hbond substituents is 1. The Morgan fingerprint density at radius 1 is 1.35 bits per heavy atom. The molecule has 17 heavy (non-hydrogen) atoms. The average molecular weight is 229 g/mol. The van der Waals surface area contributed by atoms with E-state index in [1.807, 2.05) is 6.07 Å². The summed E-state index contributed by atoms with van der Waals surface area (Å²) < 4.78 is 0.970. The molecular weight excluding hydrogens is 218 g/mol. The standard InChI is InChI=1S/C12H11N3O2/c13-15-6-14-10-4-2-7-1-3-8(16)5-9(7)11(10)12(15)17/h1,3,5-6,16H,2,4,13H2. The molecule has 0 saturated heterocycles. The number of hydrogen-bond donors (Lipinski definition) is 2. The SMILES string of the molecule is Nn1cnc2c(c1=O)-c1cc(O)ccc1CC2. The van der Waals surface area contributed by atoms with Crippen LogP contribution in [0.4, 0.5) is 0 Å². The number of nitrogens with zero attached hydrogens (tertiary/aromatic N) is 2. The molecule has 0 bridgehead atoms. The van der Waals surface area contributed by atoms with E-state index in [1.54, 1.807) is 12.1 Å². The Hall–Kier alpha value is -2.30. The smallest absolute Gasteiger partial charge is 0.279 e. The Labute approximate surface area is 97.1 Å². The van der Waals surface area contributed by atoms with Gasteiger partial charge in [-0.05, 0) is 36.1 Å². The number of fused-ring (bicyclic) bond motifs is 3. The van der Waals surface area contributed by atoms with E-state index in [4.69, 9.17) is 5.84 Å². The summed E-state index contributed by atoms with van der Waals surface area (Å²) in [6.45, 7) is 0. The van der Waals surface area contributed by atoms with Gasteiger partial charge in [0.15, 0.2) is 0 Å². The molecule has 86 valence electrons. The van der Waals surface area contributed by atoms with Crippen LogP contribution in [0.15, 0.2) is 29.3 Å². The molecule has 0 fully saturated rings. The zero-order chi connectivity index (χ0) is 12.0. The fourth-order valence-electron chi connectivity index (χ4n) is 2.23. The second-order valence-electron chi connectivity index (χ2n) is 4.12. The van der Waals surface area contributed by atoms with E-state index in [2.05, 4.69) is 4.98 Å². The van der Waals surface area contributed by atoms with Crippen molar-refractivity contribution in [2.24, 2.45) is 0 Å². The van der Waals surface area contributed by atoms with Crippen molar-refractivity contribution in [3.8, 4) is 16.9 Å². The summed E-state index contributed by atoms with van der Waals surface area (Å²) >= 11 is 0. The van der Waals surface area contributed by atoms with Crippen molar-refractivity contribution in [2.75, 3.05) is 5.84 Å². The summed E-state index contributed by atoms with van der Waals surface area (Å²) in [6.07, 6.45) is 2.88. The number of hydrogen-bond acceptors (Lipinski definition) is 4. The molecule has 0 saturated carbocycles. The maximum atomic E-state index is 12.0. The average Bonchev–Trinajstić information content (AvgIpc) is 2.33. The Morgan fingerprint density at radius 2 is 2.18 bits per heavy atom. The molecule has 0 radical (unpaired) electrons. The van der Waals surface area contributed by atoms with Gasteiger partial charge in [0.2, 0.25) is 0 Å². The highest BCUT2D eigenvalue weighted by molar-refractivity contribution is 5.72. The minimum absolute atomic E-state index is 0.142. The predicted octanol–water partition coefficient (Wildman–Crippen LogP) is 0.428. The van der Waals surface area contributed by atoms with Crippen LogP contribution in [-0.4, -0.2) is 14.8 Å². The zero-order valence-electron chi connectivity index (χ0n) is 9.05. The third kappa shape index (κ3) is 1.39. The van der Waals surface area contributed by atoms with Crippen LogP contribution in [0.2, 0.25) is 0 Å². The van der Waals surface area contributed by atoms with Gasteiger partial charge in [-0.3, -0.25) is 4.79 Å². The Morgan fingerprint density at radius 3 is 3.00 bits per heavy atom. The van der Waals surface area contributed by atoms with Gasteiger partial charge in [-0.25, -0.2) is 9.66 Å². The third-order valence-corrected chi connectivity index (χ3v) is 3.07. The van der Waals surface area contributed by atoms with Crippen molar-refractivity contribution in [1.29, 1.82) is 0 Å². The van der Waals surface area contributed by atoms with E-state index in [9.17, 15) is 9.90 Å². The molecule has 0 unspecified atom stereocenters. The van der Waals surface area contributed by atoms with E-state index >= 15 is 0 Å². The maximum absolute atomic E-state index is 12.0. The molecule has 3 N–H and O–H groups in total. The molecule has 1 aliphatic rings. The topological polar surface area (TPSA) is 81.1 Å². The normalized spacial score (nSPS) is 12.9. The van der Waals surface area contributed by atoms with Crippen LogP contribution in [0.5, 0.6) is 5.75 Å². The fraction of sp³-hybridized carbons (Fsp3) is 0.167. The van der Waals surface area contributed by atoms with Crippen LogP contribution >= 0.6 is 0 Å². The molecule has 2 aromatic rings. The summed E-state index contributed by atoms with van der Waals surface area (Å²) in [6, 6.07) is 5.05. The molecular formula is C12H11N3O2. The number of rotatable bonds is 0. The van der Waals surface area contributed by atoms with E-state index in [-0.39, 0.29) is 11.3 Å². The molecule has 3 rings (SSSR count). The van der Waals surface area contributed by atoms with Crippen molar-refractivity contribution in [3.05, 3.63) is 46.1 Å². The monoisotopic (exact) mass is 229 g/mol. The van der Waals surface area contributed by atoms with Gasteiger partial charge in [0, 0.05) is 0 Å². The van der Waals surface area contributed by atoms with Crippen molar-refractivity contribution >= 4 is 0 Å². The van der Waals surface area contributed by atoms with Crippen LogP contribution in [0.25, 0.3) is 11.1 Å². The van der Waals surface area contributed by atoms with Crippen LogP contribution in [0, 0.1) is 0 Å². The van der Waals surface area contributed by atoms with Crippen molar-refractivity contribution < 1.29 is 5.11 Å². The lowest BCUT2D eigenvalue weighted by molar-refractivity contribution is 0.475. The van der Waals surface area contributed by atoms with Crippen LogP contribution in [-0.2, 0) is 12.8 Å². The predicted molar refractivity (Wildman–Crippen MR) is 63.2 cm³/mol. The van der Waals surface area contributed by atoms with Crippen LogP contribution in [0.1, 0.15) is 11.3 Å². The molecule has 5 nitrogen and oxygen atoms in total. The summed E-state index contributed by atoms with van der Waals surface area (Å²) in [5, 5.41) is 9.51. The molecule has 0 aliphatic heterocycles. The molecule has 1 heterocycles. The highest BCUT2D eigenvalue weighted by Crippen LogP contribution is 2.32. The van der Waals surface area contributed by atoms with Crippen molar-refractivity contribution in [2.45, 2.75) is 12.8 Å². The fourth-order valence-corrected chi connectivity index (χ4v) is 2.23. The van der Waals surface area contributed by atoms with Gasteiger partial charge in [-0.1, -0.05) is 6.07 Å². The first-order chi connectivity index (χ1) is 8.16. The van der Waals surface area contributed by atoms with Crippen LogP contribution < -0.4 is 11.4 Å². The van der Waals surface area contributed by atoms with Gasteiger partial charge in [-0.15, -0.1) is 0 Å². The van der Waals surface area contributed by atoms with E-state index in [0.717, 1.165) is 34.3 Å². The van der Waals surface area contributed by atoms with Gasteiger partial charge in [0.25, 0.3) is 5.56 Å². The molecule has 0 atom stereocenters. The molecule has 1 aliphatic carbocycles. The number of nitrogens with two attached hydrogens (primary N) is 1. The summed E-state index contributed by atoms with van der Waals surface area (Å²) in [5.74, 6) is 5.66. The van der Waals surface area contributed by atoms with E-state index < -0.39 is 0 Å². The number of aromatic hydroxyl groups is 1. The van der Waals surface area contributed by atoms with Gasteiger partial charge in [0.05, 0.1) is 11.3 Å². The van der Waals surface area contributed by atoms with Gasteiger partial charge < -0.3 is 10.9 Å². The lowest BCUT2D eigenvalue weighted by atomic mass is 9.89. The van der Waals surface area contributed by atoms with Crippen molar-refractivity contribution in [1.82, 2.24) is 9.66 Å². The number of benzene rings is 1. The molecule has 5 heteroatoms. The second-order valence-corrected chi connectivity index (χ2v) is 4.12. The molecule has 0 amide bonds. The second kappa shape index (κ2) is 3.35. The first-order valence-corrected chi connectivity index (χ1v) is 5.34. The van der Waals surface area contributed by atoms with Crippen molar-refractivity contribution in [3.63, 3.8) is 0 Å². The lowest BCUT2D eigenvalue weighted by Gasteiger charge is -2.18. The number of aryl methyl sites for hydroxylation is 2. The number of aromatic nitrogens is 2. The maximum Gasteiger partial charge on any atom is 0.279 e. The Bertz CT molecular complexity index is 661. The highest BCUT2D eigenvalue weighted by atomic mass is 16.3. The quantitative estimate of drug-likeness (QED) is 0.642. The summed E-state index contributed by atoms with van der Waals surface area (Å²) in [4.78, 5) is 16.2. The lowest BCUT2D eigenvalue weighted by Crippen LogP contribution is -2.31. The molecule has 1 aromatic heterocycles. The summed E-state index contributed by atoms with van der Waals surface area (Å²) in [5.41, 5.74) is 2.76. The van der Waals surface area contributed by atoms with Crippen LogP contribution in [0.3, 0.4) is 0 Å². The van der Waals surface area contributed by atoms with Gasteiger partial charge in [-0.2, -0.15) is 0 Å².